The molecule has 0 heterocycles. The molecule has 84 valence electrons. The molecule has 2 N–H and O–H groups in total. The van der Waals surface area contributed by atoms with E-state index >= 15 is 0 Å². The molecule has 0 spiro atoms. The summed E-state index contributed by atoms with van der Waals surface area (Å²) in [5.74, 6) is -0.340. The average Bonchev–Trinajstić information content (AvgIpc) is 2.20. The highest BCUT2D eigenvalue weighted by Crippen LogP contribution is 2.29. The van der Waals surface area contributed by atoms with Gasteiger partial charge in [-0.1, -0.05) is 24.9 Å². The first-order valence-corrected chi connectivity index (χ1v) is 5.07. The molecule has 5 heteroatoms. The molecule has 0 aliphatic heterocycles. The molecule has 1 rings (SSSR count). The summed E-state index contributed by atoms with van der Waals surface area (Å²) in [7, 11) is 0. The van der Waals surface area contributed by atoms with Crippen molar-refractivity contribution in [3.05, 3.63) is 23.0 Å². The Kier molecular flexibility index (Phi) is 4.65. The molecule has 0 fully saturated rings. The minimum absolute atomic E-state index is 0.0199. The Morgan fingerprint density at radius 1 is 1.47 bits per heavy atom. The number of unbranched alkanes of at least 4 members (excludes halogenated alkanes) is 1. The number of hydrogen-bond acceptors (Lipinski definition) is 3. The Morgan fingerprint density at radius 2 is 2.20 bits per heavy atom. The highest BCUT2D eigenvalue weighted by atomic mass is 35.5. The molecule has 0 aliphatic carbocycles. The van der Waals surface area contributed by atoms with Gasteiger partial charge in [-0.2, -0.15) is 4.89 Å². The maximum Gasteiger partial charge on any atom is 0.186 e. The lowest BCUT2D eigenvalue weighted by atomic mass is 10.3. The highest BCUT2D eigenvalue weighted by Gasteiger charge is 2.08. The smallest absolute Gasteiger partial charge is 0.186 e. The first-order chi connectivity index (χ1) is 7.15. The van der Waals surface area contributed by atoms with E-state index in [-0.39, 0.29) is 16.5 Å². The largest absolute Gasteiger partial charge is 0.396 e. The summed E-state index contributed by atoms with van der Waals surface area (Å²) >= 11 is 5.71. The highest BCUT2D eigenvalue weighted by molar-refractivity contribution is 6.32. The summed E-state index contributed by atoms with van der Waals surface area (Å²) in [5, 5.41) is 0.137. The second-order valence-corrected chi connectivity index (χ2v) is 3.47. The number of hydrogen-bond donors (Lipinski definition) is 1. The van der Waals surface area contributed by atoms with Gasteiger partial charge in [-0.05, 0) is 12.5 Å². The first-order valence-electron chi connectivity index (χ1n) is 4.69. The van der Waals surface area contributed by atoms with E-state index in [0.717, 1.165) is 18.9 Å². The van der Waals surface area contributed by atoms with Crippen molar-refractivity contribution in [3.8, 4) is 5.75 Å². The van der Waals surface area contributed by atoms with Gasteiger partial charge in [0, 0.05) is 6.07 Å². The third-order valence-corrected chi connectivity index (χ3v) is 2.08. The summed E-state index contributed by atoms with van der Waals surface area (Å²) in [6.45, 7) is 2.50. The predicted molar refractivity (Wildman–Crippen MR) is 57.3 cm³/mol. The number of benzene rings is 1. The second kappa shape index (κ2) is 5.78. The Labute approximate surface area is 92.9 Å². The third-order valence-electron chi connectivity index (χ3n) is 1.78. The summed E-state index contributed by atoms with van der Waals surface area (Å²) in [6.07, 6.45) is 1.89. The van der Waals surface area contributed by atoms with Crippen LogP contribution in [0.15, 0.2) is 12.1 Å². The molecule has 0 atom stereocenters. The Hall–Kier alpha value is -1.00. The van der Waals surface area contributed by atoms with E-state index in [1.54, 1.807) is 0 Å². The third kappa shape index (κ3) is 3.57. The van der Waals surface area contributed by atoms with Gasteiger partial charge in [-0.15, -0.1) is 0 Å². The monoisotopic (exact) mass is 233 g/mol. The SMILES string of the molecule is CCCCOOc1cc(N)c(F)cc1Cl. The fourth-order valence-electron chi connectivity index (χ4n) is 0.917. The molecule has 0 aromatic heterocycles. The Balaban J connectivity index is 2.57. The average molecular weight is 234 g/mol. The van der Waals surface area contributed by atoms with Crippen molar-refractivity contribution >= 4 is 17.3 Å². The second-order valence-electron chi connectivity index (χ2n) is 3.06. The molecule has 15 heavy (non-hydrogen) atoms. The molecule has 0 saturated carbocycles. The number of nitrogens with two attached hydrogens (primary N) is 1. The van der Waals surface area contributed by atoms with Crippen LogP contribution in [0.25, 0.3) is 0 Å². The van der Waals surface area contributed by atoms with Gasteiger partial charge < -0.3 is 10.6 Å². The van der Waals surface area contributed by atoms with Crippen LogP contribution in [0.4, 0.5) is 10.1 Å². The summed E-state index contributed by atoms with van der Waals surface area (Å²) in [5.41, 5.74) is 5.33. The van der Waals surface area contributed by atoms with Gasteiger partial charge in [0.2, 0.25) is 0 Å². The van der Waals surface area contributed by atoms with Crippen molar-refractivity contribution in [1.29, 1.82) is 0 Å². The van der Waals surface area contributed by atoms with Crippen molar-refractivity contribution < 1.29 is 14.2 Å². The molecular weight excluding hydrogens is 221 g/mol. The van der Waals surface area contributed by atoms with Gasteiger partial charge in [0.15, 0.2) is 5.75 Å². The van der Waals surface area contributed by atoms with Gasteiger partial charge in [0.1, 0.15) is 5.82 Å². The maximum absolute atomic E-state index is 12.9. The molecule has 1 aromatic carbocycles. The number of halogens is 2. The predicted octanol–water partition coefficient (Wildman–Crippen LogP) is 3.17. The van der Waals surface area contributed by atoms with Crippen LogP contribution < -0.4 is 10.6 Å². The zero-order valence-corrected chi connectivity index (χ0v) is 9.18. The molecular formula is C10H13ClFNO2. The lowest BCUT2D eigenvalue weighted by molar-refractivity contribution is -0.207. The van der Waals surface area contributed by atoms with Crippen LogP contribution in [-0.2, 0) is 4.89 Å². The van der Waals surface area contributed by atoms with Gasteiger partial charge in [0.25, 0.3) is 0 Å². The van der Waals surface area contributed by atoms with Crippen LogP contribution in [0.1, 0.15) is 19.8 Å². The van der Waals surface area contributed by atoms with Crippen LogP contribution in [-0.4, -0.2) is 6.61 Å². The summed E-state index contributed by atoms with van der Waals surface area (Å²) in [6, 6.07) is 2.39. The minimum atomic E-state index is -0.569. The van der Waals surface area contributed by atoms with Crippen LogP contribution in [0.5, 0.6) is 5.75 Å². The van der Waals surface area contributed by atoms with Crippen LogP contribution in [0, 0.1) is 5.82 Å². The fourth-order valence-corrected chi connectivity index (χ4v) is 1.10. The van der Waals surface area contributed by atoms with Crippen molar-refractivity contribution in [2.75, 3.05) is 12.3 Å². The Bertz CT molecular complexity index is 333. The molecule has 0 saturated heterocycles. The molecule has 0 aliphatic rings. The van der Waals surface area contributed by atoms with Gasteiger partial charge in [0.05, 0.1) is 17.3 Å². The maximum atomic E-state index is 12.9. The fraction of sp³-hybridized carbons (Fsp3) is 0.400. The van der Waals surface area contributed by atoms with Crippen molar-refractivity contribution in [2.24, 2.45) is 0 Å². The summed E-state index contributed by atoms with van der Waals surface area (Å²) in [4.78, 5) is 9.77. The number of nitrogen functional groups attached to an aromatic ring is 1. The van der Waals surface area contributed by atoms with E-state index in [1.807, 2.05) is 6.92 Å². The Morgan fingerprint density at radius 3 is 2.87 bits per heavy atom. The van der Waals surface area contributed by atoms with Crippen LogP contribution in [0.3, 0.4) is 0 Å². The van der Waals surface area contributed by atoms with E-state index in [0.29, 0.717) is 6.61 Å². The molecule has 0 radical (unpaired) electrons. The quantitative estimate of drug-likeness (QED) is 0.368. The zero-order chi connectivity index (χ0) is 11.3. The topological polar surface area (TPSA) is 44.5 Å². The van der Waals surface area contributed by atoms with E-state index in [4.69, 9.17) is 27.1 Å². The molecule has 3 nitrogen and oxygen atoms in total. The summed E-state index contributed by atoms with van der Waals surface area (Å²) < 4.78 is 12.9. The zero-order valence-electron chi connectivity index (χ0n) is 8.43. The van der Waals surface area contributed by atoms with Crippen LogP contribution >= 0.6 is 11.6 Å². The van der Waals surface area contributed by atoms with Gasteiger partial charge in [-0.25, -0.2) is 4.39 Å². The van der Waals surface area contributed by atoms with Crippen molar-refractivity contribution in [3.63, 3.8) is 0 Å². The molecule has 0 unspecified atom stereocenters. The van der Waals surface area contributed by atoms with E-state index < -0.39 is 5.82 Å². The lowest BCUT2D eigenvalue weighted by Gasteiger charge is -2.07. The molecule has 0 bridgehead atoms. The van der Waals surface area contributed by atoms with Crippen LogP contribution in [0.2, 0.25) is 5.02 Å². The van der Waals surface area contributed by atoms with E-state index in [1.165, 1.54) is 6.07 Å². The standard InChI is InChI=1S/C10H13ClFNO2/c1-2-3-4-14-15-10-6-9(13)8(12)5-7(10)11/h5-6H,2-4,13H2,1H3. The first kappa shape index (κ1) is 12.1. The number of rotatable bonds is 5. The lowest BCUT2D eigenvalue weighted by Crippen LogP contribution is -2.01. The normalized spacial score (nSPS) is 10.3. The van der Waals surface area contributed by atoms with Crippen molar-refractivity contribution in [1.82, 2.24) is 0 Å². The van der Waals surface area contributed by atoms with E-state index in [9.17, 15) is 4.39 Å². The number of anilines is 1. The molecule has 0 amide bonds. The van der Waals surface area contributed by atoms with Gasteiger partial charge >= 0.3 is 0 Å². The minimum Gasteiger partial charge on any atom is -0.396 e. The molecule has 1 aromatic rings. The van der Waals surface area contributed by atoms with Crippen molar-refractivity contribution in [2.45, 2.75) is 19.8 Å². The van der Waals surface area contributed by atoms with E-state index in [2.05, 4.69) is 0 Å². The van der Waals surface area contributed by atoms with Gasteiger partial charge in [-0.3, -0.25) is 0 Å².